The van der Waals surface area contributed by atoms with Gasteiger partial charge in [0.15, 0.2) is 0 Å². The molecule has 0 amide bonds. The van der Waals surface area contributed by atoms with Gasteiger partial charge in [-0.15, -0.1) is 0 Å². The van der Waals surface area contributed by atoms with Crippen LogP contribution in [0.3, 0.4) is 0 Å². The third-order valence-electron chi connectivity index (χ3n) is 4.85. The number of nitrogens with one attached hydrogen (secondary N) is 1. The van der Waals surface area contributed by atoms with Crippen LogP contribution >= 0.6 is 0 Å². The van der Waals surface area contributed by atoms with Crippen LogP contribution in [0.25, 0.3) is 0 Å². The molecule has 2 N–H and O–H groups in total. The first-order chi connectivity index (χ1) is 9.88. The van der Waals surface area contributed by atoms with Gasteiger partial charge >= 0.3 is 0 Å². The van der Waals surface area contributed by atoms with E-state index in [2.05, 4.69) is 45.0 Å². The highest BCUT2D eigenvalue weighted by atomic mass is 16.3. The maximum absolute atomic E-state index is 10.3. The molecular weight excluding hydrogens is 260 g/mol. The Morgan fingerprint density at radius 2 is 1.95 bits per heavy atom. The Bertz CT molecular complexity index is 282. The van der Waals surface area contributed by atoms with Gasteiger partial charge in [-0.2, -0.15) is 0 Å². The first-order valence-electron chi connectivity index (χ1n) is 8.97. The smallest absolute Gasteiger partial charge is 0.0695 e. The minimum absolute atomic E-state index is 0.127. The molecule has 21 heavy (non-hydrogen) atoms. The lowest BCUT2D eigenvalue weighted by atomic mass is 9.83. The van der Waals surface area contributed by atoms with Gasteiger partial charge in [0.1, 0.15) is 0 Å². The highest BCUT2D eigenvalue weighted by Gasteiger charge is 2.32. The van der Waals surface area contributed by atoms with Crippen molar-refractivity contribution >= 4 is 0 Å². The molecule has 3 heteroatoms. The average molecular weight is 299 g/mol. The number of hydrogen-bond donors (Lipinski definition) is 2. The molecule has 126 valence electrons. The third-order valence-corrected chi connectivity index (χ3v) is 4.85. The highest BCUT2D eigenvalue weighted by molar-refractivity contribution is 4.87. The van der Waals surface area contributed by atoms with Gasteiger partial charge in [0.05, 0.1) is 6.10 Å². The van der Waals surface area contributed by atoms with Gasteiger partial charge in [-0.25, -0.2) is 0 Å². The number of rotatable bonds is 9. The fraction of sp³-hybridized carbons (Fsp3) is 1.00. The lowest BCUT2D eigenvalue weighted by Crippen LogP contribution is -2.49. The van der Waals surface area contributed by atoms with Crippen molar-refractivity contribution in [2.75, 3.05) is 26.7 Å². The van der Waals surface area contributed by atoms with Crippen LogP contribution in [0.4, 0.5) is 0 Å². The molecular formula is C18H38N2O. The van der Waals surface area contributed by atoms with Crippen LogP contribution in [0.2, 0.25) is 0 Å². The second kappa shape index (κ2) is 9.12. The summed E-state index contributed by atoms with van der Waals surface area (Å²) in [6, 6.07) is 0.361. The Morgan fingerprint density at radius 3 is 2.52 bits per heavy atom. The Balaban J connectivity index is 2.54. The maximum Gasteiger partial charge on any atom is 0.0695 e. The number of likely N-dealkylation sites (N-methyl/N-ethyl adjacent to an activating group) is 1. The van der Waals surface area contributed by atoms with Crippen LogP contribution in [0.1, 0.15) is 66.2 Å². The topological polar surface area (TPSA) is 35.5 Å². The highest BCUT2D eigenvalue weighted by Crippen LogP contribution is 2.28. The normalized spacial score (nSPS) is 26.3. The monoisotopic (exact) mass is 298 g/mol. The Morgan fingerprint density at radius 1 is 1.29 bits per heavy atom. The molecule has 1 fully saturated rings. The van der Waals surface area contributed by atoms with Crippen LogP contribution in [0.5, 0.6) is 0 Å². The fourth-order valence-electron chi connectivity index (χ4n) is 3.81. The van der Waals surface area contributed by atoms with Crippen molar-refractivity contribution in [1.29, 1.82) is 0 Å². The fourth-order valence-corrected chi connectivity index (χ4v) is 3.81. The summed E-state index contributed by atoms with van der Waals surface area (Å²) >= 11 is 0. The number of aliphatic hydroxyl groups is 1. The van der Waals surface area contributed by atoms with Gasteiger partial charge in [-0.1, -0.05) is 47.0 Å². The van der Waals surface area contributed by atoms with Crippen LogP contribution < -0.4 is 5.32 Å². The molecule has 0 aromatic heterocycles. The van der Waals surface area contributed by atoms with E-state index in [1.54, 1.807) is 0 Å². The van der Waals surface area contributed by atoms with Gasteiger partial charge in [-0.3, -0.25) is 0 Å². The van der Waals surface area contributed by atoms with Crippen molar-refractivity contribution in [3.05, 3.63) is 0 Å². The van der Waals surface area contributed by atoms with E-state index in [4.69, 9.17) is 0 Å². The molecule has 0 aromatic carbocycles. The van der Waals surface area contributed by atoms with E-state index in [0.29, 0.717) is 17.4 Å². The van der Waals surface area contributed by atoms with Crippen molar-refractivity contribution in [3.63, 3.8) is 0 Å². The van der Waals surface area contributed by atoms with Crippen molar-refractivity contribution in [1.82, 2.24) is 10.2 Å². The molecule has 0 spiro atoms. The second-order valence-corrected chi connectivity index (χ2v) is 7.92. The molecule has 0 radical (unpaired) electrons. The zero-order chi connectivity index (χ0) is 15.9. The third kappa shape index (κ3) is 6.66. The lowest BCUT2D eigenvalue weighted by Gasteiger charge is -2.41. The molecule has 3 nitrogen and oxygen atoms in total. The van der Waals surface area contributed by atoms with E-state index in [-0.39, 0.29) is 6.10 Å². The summed E-state index contributed by atoms with van der Waals surface area (Å²) in [5, 5.41) is 13.9. The van der Waals surface area contributed by atoms with Gasteiger partial charge in [0.2, 0.25) is 0 Å². The number of hydrogen-bond acceptors (Lipinski definition) is 3. The largest absolute Gasteiger partial charge is 0.391 e. The molecule has 0 heterocycles. The maximum atomic E-state index is 10.3. The minimum Gasteiger partial charge on any atom is -0.391 e. The summed E-state index contributed by atoms with van der Waals surface area (Å²) in [6.45, 7) is 12.4. The van der Waals surface area contributed by atoms with E-state index in [1.807, 2.05) is 0 Å². The number of nitrogens with zero attached hydrogens (tertiary/aromatic N) is 1. The van der Waals surface area contributed by atoms with E-state index in [1.165, 1.54) is 25.7 Å². The summed E-state index contributed by atoms with van der Waals surface area (Å²) in [7, 11) is 2.20. The van der Waals surface area contributed by atoms with Crippen molar-refractivity contribution in [3.8, 4) is 0 Å². The molecule has 0 bridgehead atoms. The first kappa shape index (κ1) is 18.9. The van der Waals surface area contributed by atoms with Gasteiger partial charge in [0.25, 0.3) is 0 Å². The average Bonchev–Trinajstić information content (AvgIpc) is 2.38. The van der Waals surface area contributed by atoms with Crippen LogP contribution in [-0.4, -0.2) is 48.8 Å². The standard InChI is InChI=1S/C18H38N2O/c1-6-11-18(4,13-19-12-15(2)3)14-20(5)16-9-7-8-10-17(16)21/h15-17,19,21H,6-14H2,1-5H3. The Labute approximate surface area is 132 Å². The van der Waals surface area contributed by atoms with E-state index in [9.17, 15) is 5.11 Å². The van der Waals surface area contributed by atoms with E-state index in [0.717, 1.165) is 32.5 Å². The van der Waals surface area contributed by atoms with Crippen molar-refractivity contribution < 1.29 is 5.11 Å². The van der Waals surface area contributed by atoms with Crippen LogP contribution in [-0.2, 0) is 0 Å². The summed E-state index contributed by atoms with van der Waals surface area (Å²) in [6.07, 6.45) is 6.92. The SMILES string of the molecule is CCCC(C)(CNCC(C)C)CN(C)C1CCCCC1O. The first-order valence-corrected chi connectivity index (χ1v) is 8.97. The van der Waals surface area contributed by atoms with E-state index < -0.39 is 0 Å². The molecule has 3 atom stereocenters. The Kier molecular flexibility index (Phi) is 8.22. The van der Waals surface area contributed by atoms with Crippen molar-refractivity contribution in [2.24, 2.45) is 11.3 Å². The molecule has 1 aliphatic rings. The molecule has 0 aromatic rings. The zero-order valence-electron chi connectivity index (χ0n) is 15.0. The molecule has 0 aliphatic heterocycles. The van der Waals surface area contributed by atoms with Crippen LogP contribution in [0, 0.1) is 11.3 Å². The number of aliphatic hydroxyl groups excluding tert-OH is 1. The van der Waals surface area contributed by atoms with Gasteiger partial charge in [-0.05, 0) is 44.2 Å². The predicted octanol–water partition coefficient (Wildman–Crippen LogP) is 3.27. The van der Waals surface area contributed by atoms with Gasteiger partial charge in [0, 0.05) is 19.1 Å². The predicted molar refractivity (Wildman–Crippen MR) is 91.6 cm³/mol. The second-order valence-electron chi connectivity index (χ2n) is 7.92. The molecule has 1 rings (SSSR count). The summed E-state index contributed by atoms with van der Waals surface area (Å²) in [5.41, 5.74) is 0.301. The van der Waals surface area contributed by atoms with Crippen LogP contribution in [0.15, 0.2) is 0 Å². The summed E-state index contributed by atoms with van der Waals surface area (Å²) < 4.78 is 0. The Hall–Kier alpha value is -0.120. The van der Waals surface area contributed by atoms with Crippen molar-refractivity contribution in [2.45, 2.75) is 78.4 Å². The van der Waals surface area contributed by atoms with Gasteiger partial charge < -0.3 is 15.3 Å². The minimum atomic E-state index is -0.127. The lowest BCUT2D eigenvalue weighted by molar-refractivity contribution is 0.0131. The molecule has 3 unspecified atom stereocenters. The molecule has 0 saturated heterocycles. The van der Waals surface area contributed by atoms with E-state index >= 15 is 0 Å². The summed E-state index contributed by atoms with van der Waals surface area (Å²) in [5.74, 6) is 0.703. The zero-order valence-corrected chi connectivity index (χ0v) is 15.0. The summed E-state index contributed by atoms with van der Waals surface area (Å²) in [4.78, 5) is 2.43. The quantitative estimate of drug-likeness (QED) is 0.686. The molecule has 1 saturated carbocycles. The molecule has 1 aliphatic carbocycles.